The van der Waals surface area contributed by atoms with E-state index >= 15 is 0 Å². The number of rotatable bonds is 8. The Labute approximate surface area is 216 Å². The Hall–Kier alpha value is -0.920. The highest BCUT2D eigenvalue weighted by Gasteiger charge is 2.54. The number of carbonyl (C=O) groups excluding carboxylic acids is 2. The highest BCUT2D eigenvalue weighted by molar-refractivity contribution is 7.97. The van der Waals surface area contributed by atoms with Crippen molar-refractivity contribution < 1.29 is 9.59 Å². The fourth-order valence-electron chi connectivity index (χ4n) is 5.66. The predicted molar refractivity (Wildman–Crippen MR) is 144 cm³/mol. The average Bonchev–Trinajstić information content (AvgIpc) is 2.83. The van der Waals surface area contributed by atoms with Gasteiger partial charge >= 0.3 is 0 Å². The van der Waals surface area contributed by atoms with Crippen LogP contribution in [-0.2, 0) is 9.59 Å². The van der Waals surface area contributed by atoms with Crippen LogP contribution >= 0.6 is 23.5 Å². The first kappa shape index (κ1) is 29.3. The fraction of sp³-hybridized carbons (Fsp3) is 0.704. The number of nitrogens with one attached hydrogen (secondary N) is 2. The molecule has 0 aromatic heterocycles. The van der Waals surface area contributed by atoms with Crippen molar-refractivity contribution in [1.29, 1.82) is 0 Å². The number of nitrogens with zero attached hydrogens (tertiary/aromatic N) is 1. The summed E-state index contributed by atoms with van der Waals surface area (Å²) in [6.07, 6.45) is 8.42. The van der Waals surface area contributed by atoms with E-state index in [2.05, 4.69) is 42.9 Å². The fourth-order valence-corrected chi connectivity index (χ4v) is 6.65. The molecule has 0 heterocycles. The Bertz CT molecular complexity index is 771. The van der Waals surface area contributed by atoms with Gasteiger partial charge in [0.1, 0.15) is 12.6 Å². The van der Waals surface area contributed by atoms with E-state index in [0.29, 0.717) is 11.1 Å². The molecule has 7 heteroatoms. The molecule has 1 aromatic carbocycles. The highest BCUT2D eigenvalue weighted by Crippen LogP contribution is 2.59. The van der Waals surface area contributed by atoms with E-state index in [1.807, 2.05) is 38.1 Å². The summed E-state index contributed by atoms with van der Waals surface area (Å²) in [6, 6.07) is 8.21. The van der Waals surface area contributed by atoms with Gasteiger partial charge in [0, 0.05) is 16.4 Å². The van der Waals surface area contributed by atoms with Crippen molar-refractivity contribution in [2.75, 3.05) is 27.2 Å². The van der Waals surface area contributed by atoms with E-state index in [4.69, 9.17) is 11.6 Å². The van der Waals surface area contributed by atoms with E-state index in [1.54, 1.807) is 0 Å². The summed E-state index contributed by atoms with van der Waals surface area (Å²) in [6.45, 7) is 10.3. The summed E-state index contributed by atoms with van der Waals surface area (Å²) >= 11 is 7.31. The molecular weight excluding hydrogens is 466 g/mol. The molecule has 4 bridgehead atoms. The molecule has 2 N–H and O–H groups in total. The van der Waals surface area contributed by atoms with Crippen LogP contribution < -0.4 is 10.0 Å². The largest absolute Gasteiger partial charge is 0.316 e. The van der Waals surface area contributed by atoms with Crippen molar-refractivity contribution in [2.24, 2.45) is 23.2 Å². The lowest BCUT2D eigenvalue weighted by atomic mass is 9.48. The van der Waals surface area contributed by atoms with E-state index in [-0.39, 0.29) is 5.41 Å². The molecule has 4 aliphatic rings. The van der Waals surface area contributed by atoms with E-state index < -0.39 is 5.54 Å². The Kier molecular flexibility index (Phi) is 11.6. The maximum Gasteiger partial charge on any atom is 0.140 e. The molecule has 2 atom stereocenters. The summed E-state index contributed by atoms with van der Waals surface area (Å²) < 4.78 is 3.03. The Morgan fingerprint density at radius 1 is 1.12 bits per heavy atom. The summed E-state index contributed by atoms with van der Waals surface area (Å²) in [7, 11) is 4.19. The lowest BCUT2D eigenvalue weighted by molar-refractivity contribution is -0.133. The summed E-state index contributed by atoms with van der Waals surface area (Å²) in [5.41, 5.74) is -0.437. The second-order valence-electron chi connectivity index (χ2n) is 10.7. The van der Waals surface area contributed by atoms with Crippen LogP contribution in [0.5, 0.6) is 0 Å². The summed E-state index contributed by atoms with van der Waals surface area (Å²) in [4.78, 5) is 25.0. The number of carbonyl (C=O) groups is 2. The Balaban J connectivity index is 0.000000196. The van der Waals surface area contributed by atoms with Gasteiger partial charge in [-0.25, -0.2) is 4.72 Å². The van der Waals surface area contributed by atoms with Crippen molar-refractivity contribution in [3.63, 3.8) is 0 Å². The van der Waals surface area contributed by atoms with Gasteiger partial charge in [0.15, 0.2) is 0 Å². The molecule has 0 spiro atoms. The van der Waals surface area contributed by atoms with Crippen LogP contribution in [0.4, 0.5) is 0 Å². The monoisotopic (exact) mass is 509 g/mol. The standard InChI is InChI=1S/C12H19NO.C10H12ClNOS.C5H13N/c1-13-11-9-2-8-3-10(11)6-12(4-8,5-9)7-14;1-10(2,7-13)12-14-9-6-4-3-5-8(9)11;1-4-6(3)5-2/h7-11,13H,2-6H2,1H3;3-7,12H,1-2H3;4-5H2,1-3H3. The molecule has 5 rings (SSSR count). The minimum absolute atomic E-state index is 0.101. The van der Waals surface area contributed by atoms with Crippen molar-refractivity contribution >= 4 is 36.1 Å². The van der Waals surface area contributed by atoms with E-state index in [1.165, 1.54) is 37.5 Å². The Morgan fingerprint density at radius 2 is 1.71 bits per heavy atom. The topological polar surface area (TPSA) is 61.4 Å². The lowest BCUT2D eigenvalue weighted by Crippen LogP contribution is -2.57. The zero-order valence-electron chi connectivity index (χ0n) is 21.8. The third-order valence-corrected chi connectivity index (χ3v) is 9.18. The first-order valence-corrected chi connectivity index (χ1v) is 13.8. The molecule has 2 unspecified atom stereocenters. The van der Waals surface area contributed by atoms with Crippen LogP contribution in [0.1, 0.15) is 59.8 Å². The molecule has 34 heavy (non-hydrogen) atoms. The minimum Gasteiger partial charge on any atom is -0.316 e. The molecule has 0 amide bonds. The quantitative estimate of drug-likeness (QED) is 0.358. The van der Waals surface area contributed by atoms with Crippen LogP contribution in [-0.4, -0.2) is 56.2 Å². The average molecular weight is 510 g/mol. The van der Waals surface area contributed by atoms with Crippen LogP contribution in [0.3, 0.4) is 0 Å². The van der Waals surface area contributed by atoms with Gasteiger partial charge in [-0.05, 0) is 115 Å². The van der Waals surface area contributed by atoms with Crippen LogP contribution in [0.25, 0.3) is 0 Å². The second kappa shape index (κ2) is 13.4. The lowest BCUT2D eigenvalue weighted by Gasteiger charge is -2.58. The minimum atomic E-state index is -0.538. The zero-order chi connectivity index (χ0) is 25.4. The van der Waals surface area contributed by atoms with Crippen molar-refractivity contribution in [2.45, 2.75) is 76.3 Å². The van der Waals surface area contributed by atoms with Gasteiger partial charge in [0.05, 0.1) is 10.6 Å². The van der Waals surface area contributed by atoms with Crippen molar-refractivity contribution in [3.05, 3.63) is 29.3 Å². The number of hydrogen-bond donors (Lipinski definition) is 2. The van der Waals surface area contributed by atoms with Crippen molar-refractivity contribution in [3.8, 4) is 0 Å². The first-order valence-electron chi connectivity index (χ1n) is 12.6. The van der Waals surface area contributed by atoms with E-state index in [9.17, 15) is 9.59 Å². The van der Waals surface area contributed by atoms with Gasteiger partial charge in [0.2, 0.25) is 0 Å². The number of hydrogen-bond acceptors (Lipinski definition) is 6. The molecular formula is C27H44ClN3O2S. The van der Waals surface area contributed by atoms with Crippen LogP contribution in [0, 0.1) is 23.2 Å². The number of aldehydes is 2. The molecule has 5 nitrogen and oxygen atoms in total. The van der Waals surface area contributed by atoms with E-state index in [0.717, 1.165) is 54.9 Å². The molecule has 4 fully saturated rings. The summed E-state index contributed by atoms with van der Waals surface area (Å²) in [5, 5.41) is 4.16. The zero-order valence-corrected chi connectivity index (χ0v) is 23.3. The van der Waals surface area contributed by atoms with Gasteiger partial charge in [-0.15, -0.1) is 0 Å². The maximum absolute atomic E-state index is 11.2. The smallest absolute Gasteiger partial charge is 0.140 e. The summed E-state index contributed by atoms with van der Waals surface area (Å²) in [5.74, 6) is 2.44. The third kappa shape index (κ3) is 8.06. The molecule has 4 saturated carbocycles. The molecule has 192 valence electrons. The number of benzene rings is 1. The SMILES string of the molecule is CC(C)(C=O)NSc1ccccc1Cl.CCN(C)CC.CNC1C2CC3CC1CC(C=O)(C3)C2. The van der Waals surface area contributed by atoms with Gasteiger partial charge in [0.25, 0.3) is 0 Å². The maximum atomic E-state index is 11.2. The van der Waals surface area contributed by atoms with Gasteiger partial charge < -0.3 is 19.8 Å². The van der Waals surface area contributed by atoms with Gasteiger partial charge in [-0.1, -0.05) is 37.6 Å². The molecule has 0 saturated heterocycles. The van der Waals surface area contributed by atoms with Crippen LogP contribution in [0.2, 0.25) is 5.02 Å². The third-order valence-electron chi connectivity index (χ3n) is 7.54. The van der Waals surface area contributed by atoms with Crippen LogP contribution in [0.15, 0.2) is 29.2 Å². The van der Waals surface area contributed by atoms with Gasteiger partial charge in [-0.3, -0.25) is 0 Å². The molecule has 0 radical (unpaired) electrons. The molecule has 1 aromatic rings. The van der Waals surface area contributed by atoms with Crippen molar-refractivity contribution in [1.82, 2.24) is 14.9 Å². The first-order chi connectivity index (χ1) is 16.1. The normalized spacial score (nSPS) is 29.1. The predicted octanol–water partition coefficient (Wildman–Crippen LogP) is 5.47. The molecule has 0 aliphatic heterocycles. The second-order valence-corrected chi connectivity index (χ2v) is 12.0. The number of halogens is 1. The highest BCUT2D eigenvalue weighted by atomic mass is 35.5. The van der Waals surface area contributed by atoms with Gasteiger partial charge in [-0.2, -0.15) is 0 Å². The Morgan fingerprint density at radius 3 is 2.15 bits per heavy atom. The molecule has 4 aliphatic carbocycles.